The van der Waals surface area contributed by atoms with Crippen LogP contribution < -0.4 is 11.1 Å². The monoisotopic (exact) mass is 278 g/mol. The number of nitrogens with two attached hydrogens (primary N) is 1. The number of ether oxygens (including phenoxy) is 1. The number of nitrogens with one attached hydrogen (secondary N) is 1. The summed E-state index contributed by atoms with van der Waals surface area (Å²) in [4.78, 5) is 11.6. The van der Waals surface area contributed by atoms with Gasteiger partial charge in [-0.25, -0.2) is 0 Å². The van der Waals surface area contributed by atoms with Crippen LogP contribution in [0.2, 0.25) is 0 Å². The molecule has 4 nitrogen and oxygen atoms in total. The Kier molecular flexibility index (Phi) is 5.82. The van der Waals surface area contributed by atoms with Crippen molar-refractivity contribution in [2.24, 2.45) is 5.73 Å². The van der Waals surface area contributed by atoms with Crippen LogP contribution in [0.4, 0.5) is 0 Å². The number of halogens is 2. The number of rotatable bonds is 5. The molecule has 1 aliphatic rings. The molecular formula is C11H16Cl2N2O2. The quantitative estimate of drug-likeness (QED) is 0.807. The second-order valence-corrected chi connectivity index (χ2v) is 4.53. The molecule has 3 N–H and O–H groups in total. The molecule has 1 rings (SSSR count). The zero-order valence-electron chi connectivity index (χ0n) is 9.63. The average molecular weight is 279 g/mol. The van der Waals surface area contributed by atoms with E-state index in [0.717, 1.165) is 6.42 Å². The van der Waals surface area contributed by atoms with Gasteiger partial charge in [0.1, 0.15) is 0 Å². The molecule has 1 aliphatic carbocycles. The largest absolute Gasteiger partial charge is 0.478 e. The Bertz CT molecular complexity index is 353. The van der Waals surface area contributed by atoms with E-state index >= 15 is 0 Å². The van der Waals surface area contributed by atoms with Gasteiger partial charge in [0.15, 0.2) is 11.9 Å². The molecule has 6 heteroatoms. The Balaban J connectivity index is 2.58. The lowest BCUT2D eigenvalue weighted by Crippen LogP contribution is -2.37. The molecule has 0 aromatic heterocycles. The van der Waals surface area contributed by atoms with Gasteiger partial charge >= 0.3 is 0 Å². The number of carbonyl (C=O) groups excluding carboxylic acids is 1. The first-order valence-corrected chi connectivity index (χ1v) is 6.21. The number of allylic oxidation sites excluding steroid dienone is 3. The third-order valence-electron chi connectivity index (χ3n) is 2.26. The third kappa shape index (κ3) is 4.22. The minimum atomic E-state index is -0.648. The van der Waals surface area contributed by atoms with Gasteiger partial charge in [0.25, 0.3) is 5.91 Å². The molecule has 0 aromatic rings. The van der Waals surface area contributed by atoms with E-state index in [4.69, 9.17) is 33.7 Å². The lowest BCUT2D eigenvalue weighted by atomic mass is 10.1. The Morgan fingerprint density at radius 2 is 2.35 bits per heavy atom. The van der Waals surface area contributed by atoms with Crippen molar-refractivity contribution in [3.05, 3.63) is 21.9 Å². The standard InChI is InChI=1S/C11H16Cl2N2O2/c1-7(11(16)15-6-5-14)17-10-8(12)3-2-4-9(10)13/h3,7H,2,4-6,14H2,1H3,(H,15,16). The second kappa shape index (κ2) is 6.89. The van der Waals surface area contributed by atoms with Crippen molar-refractivity contribution in [3.63, 3.8) is 0 Å². The van der Waals surface area contributed by atoms with Crippen LogP contribution in [0, 0.1) is 0 Å². The topological polar surface area (TPSA) is 64.3 Å². The molecule has 0 bridgehead atoms. The predicted octanol–water partition coefficient (Wildman–Crippen LogP) is 1.83. The SMILES string of the molecule is CC(OC1=C(Cl)CCC=C1Cl)C(=O)NCCN. The molecular weight excluding hydrogens is 263 g/mol. The molecule has 0 aromatic carbocycles. The van der Waals surface area contributed by atoms with Crippen LogP contribution in [0.3, 0.4) is 0 Å². The summed E-state index contributed by atoms with van der Waals surface area (Å²) in [6, 6.07) is 0. The first-order valence-electron chi connectivity index (χ1n) is 5.45. The van der Waals surface area contributed by atoms with Crippen LogP contribution in [-0.2, 0) is 9.53 Å². The molecule has 0 saturated heterocycles. The fraction of sp³-hybridized carbons (Fsp3) is 0.545. The zero-order chi connectivity index (χ0) is 12.8. The maximum absolute atomic E-state index is 11.6. The molecule has 0 saturated carbocycles. The number of hydrogen-bond acceptors (Lipinski definition) is 3. The molecule has 0 heterocycles. The van der Waals surface area contributed by atoms with Crippen molar-refractivity contribution in [2.75, 3.05) is 13.1 Å². The maximum atomic E-state index is 11.6. The molecule has 0 spiro atoms. The van der Waals surface area contributed by atoms with Gasteiger partial charge in [-0.3, -0.25) is 4.79 Å². The van der Waals surface area contributed by atoms with Crippen molar-refractivity contribution in [2.45, 2.75) is 25.9 Å². The number of hydrogen-bond donors (Lipinski definition) is 2. The summed E-state index contributed by atoms with van der Waals surface area (Å²) in [6.07, 6.45) is 2.65. The van der Waals surface area contributed by atoms with Crippen molar-refractivity contribution < 1.29 is 9.53 Å². The van der Waals surface area contributed by atoms with Crippen LogP contribution in [0.1, 0.15) is 19.8 Å². The lowest BCUT2D eigenvalue weighted by Gasteiger charge is -2.20. The molecule has 0 radical (unpaired) electrons. The summed E-state index contributed by atoms with van der Waals surface area (Å²) in [7, 11) is 0. The van der Waals surface area contributed by atoms with Gasteiger partial charge < -0.3 is 15.8 Å². The Morgan fingerprint density at radius 3 is 2.94 bits per heavy atom. The van der Waals surface area contributed by atoms with Gasteiger partial charge in [0.05, 0.1) is 10.1 Å². The van der Waals surface area contributed by atoms with Gasteiger partial charge in [-0.15, -0.1) is 0 Å². The van der Waals surface area contributed by atoms with Gasteiger partial charge in [-0.1, -0.05) is 29.3 Å². The molecule has 1 amide bonds. The second-order valence-electron chi connectivity index (χ2n) is 3.66. The molecule has 0 fully saturated rings. The summed E-state index contributed by atoms with van der Waals surface area (Å²) in [5.74, 6) is 0.164. The molecule has 17 heavy (non-hydrogen) atoms. The molecule has 1 atom stereocenters. The maximum Gasteiger partial charge on any atom is 0.260 e. The van der Waals surface area contributed by atoms with Crippen LogP contribution in [0.5, 0.6) is 0 Å². The highest BCUT2D eigenvalue weighted by Crippen LogP contribution is 2.31. The van der Waals surface area contributed by atoms with Crippen molar-refractivity contribution in [1.29, 1.82) is 0 Å². The van der Waals surface area contributed by atoms with Crippen molar-refractivity contribution >= 4 is 29.1 Å². The van der Waals surface area contributed by atoms with Crippen molar-refractivity contribution in [1.82, 2.24) is 5.32 Å². The number of amides is 1. The van der Waals surface area contributed by atoms with E-state index in [1.807, 2.05) is 6.08 Å². The fourth-order valence-electron chi connectivity index (χ4n) is 1.35. The highest BCUT2D eigenvalue weighted by Gasteiger charge is 2.21. The van der Waals surface area contributed by atoms with Crippen LogP contribution in [-0.4, -0.2) is 25.1 Å². The highest BCUT2D eigenvalue weighted by molar-refractivity contribution is 6.35. The van der Waals surface area contributed by atoms with Gasteiger partial charge in [0.2, 0.25) is 0 Å². The summed E-state index contributed by atoms with van der Waals surface area (Å²) < 4.78 is 5.47. The van der Waals surface area contributed by atoms with Gasteiger partial charge in [0, 0.05) is 13.1 Å². The van der Waals surface area contributed by atoms with E-state index in [1.54, 1.807) is 6.92 Å². The van der Waals surface area contributed by atoms with E-state index < -0.39 is 6.10 Å². The minimum Gasteiger partial charge on any atom is -0.478 e. The molecule has 1 unspecified atom stereocenters. The average Bonchev–Trinajstić information content (AvgIpc) is 2.30. The molecule has 0 aliphatic heterocycles. The van der Waals surface area contributed by atoms with Gasteiger partial charge in [-0.2, -0.15) is 0 Å². The smallest absolute Gasteiger partial charge is 0.260 e. The highest BCUT2D eigenvalue weighted by atomic mass is 35.5. The fourth-order valence-corrected chi connectivity index (χ4v) is 1.92. The first-order chi connectivity index (χ1) is 8.06. The van der Waals surface area contributed by atoms with E-state index in [2.05, 4.69) is 5.32 Å². The van der Waals surface area contributed by atoms with E-state index in [0.29, 0.717) is 35.3 Å². The third-order valence-corrected chi connectivity index (χ3v) is 2.94. The van der Waals surface area contributed by atoms with E-state index in [-0.39, 0.29) is 5.91 Å². The van der Waals surface area contributed by atoms with Crippen LogP contribution in [0.15, 0.2) is 21.9 Å². The minimum absolute atomic E-state index is 0.234. The van der Waals surface area contributed by atoms with Gasteiger partial charge in [-0.05, 0) is 19.8 Å². The Morgan fingerprint density at radius 1 is 1.65 bits per heavy atom. The first kappa shape index (κ1) is 14.4. The number of carbonyl (C=O) groups is 1. The normalized spacial score (nSPS) is 17.5. The predicted molar refractivity (Wildman–Crippen MR) is 68.7 cm³/mol. The van der Waals surface area contributed by atoms with E-state index in [1.165, 1.54) is 0 Å². The van der Waals surface area contributed by atoms with E-state index in [9.17, 15) is 4.79 Å². The summed E-state index contributed by atoms with van der Waals surface area (Å²) in [5, 5.41) is 3.64. The Hall–Kier alpha value is -0.710. The van der Waals surface area contributed by atoms with Crippen molar-refractivity contribution in [3.8, 4) is 0 Å². The van der Waals surface area contributed by atoms with Crippen LogP contribution >= 0.6 is 23.2 Å². The molecule has 96 valence electrons. The zero-order valence-corrected chi connectivity index (χ0v) is 11.1. The summed E-state index contributed by atoms with van der Waals surface area (Å²) >= 11 is 12.0. The lowest BCUT2D eigenvalue weighted by molar-refractivity contribution is -0.129. The van der Waals surface area contributed by atoms with Crippen LogP contribution in [0.25, 0.3) is 0 Å². The Labute approximate surface area is 111 Å². The summed E-state index contributed by atoms with van der Waals surface area (Å²) in [6.45, 7) is 2.45. The summed E-state index contributed by atoms with van der Waals surface area (Å²) in [5.41, 5.74) is 5.29.